The van der Waals surface area contributed by atoms with Crippen LogP contribution in [-0.4, -0.2) is 43.8 Å². The van der Waals surface area contributed by atoms with Gasteiger partial charge in [-0.25, -0.2) is 19.2 Å². The van der Waals surface area contributed by atoms with Gasteiger partial charge in [-0.15, -0.1) is 0 Å². The van der Waals surface area contributed by atoms with Crippen LogP contribution in [0.1, 0.15) is 42.7 Å². The first-order chi connectivity index (χ1) is 17.4. The third kappa shape index (κ3) is 4.17. The number of carbonyl (C=O) groups is 1. The largest absolute Gasteiger partial charge is 0.462 e. The highest BCUT2D eigenvalue weighted by Crippen LogP contribution is 2.34. The van der Waals surface area contributed by atoms with Gasteiger partial charge in [-0.2, -0.15) is 9.61 Å². The zero-order valence-corrected chi connectivity index (χ0v) is 20.6. The summed E-state index contributed by atoms with van der Waals surface area (Å²) < 4.78 is 23.2. The molecule has 0 aliphatic carbocycles. The van der Waals surface area contributed by atoms with Crippen molar-refractivity contribution in [3.8, 4) is 11.3 Å². The number of halogens is 1. The van der Waals surface area contributed by atoms with Crippen molar-refractivity contribution >= 4 is 28.5 Å². The second-order valence-electron chi connectivity index (χ2n) is 8.92. The molecule has 0 N–H and O–H groups in total. The molecule has 5 aromatic rings. The second kappa shape index (κ2) is 9.41. The summed E-state index contributed by atoms with van der Waals surface area (Å²) in [6.07, 6.45) is 4.63. The van der Waals surface area contributed by atoms with E-state index in [0.29, 0.717) is 28.9 Å². The summed E-state index contributed by atoms with van der Waals surface area (Å²) >= 11 is 0. The Hall–Kier alpha value is -4.27. The quantitative estimate of drug-likeness (QED) is 0.291. The number of ether oxygens (including phenoxy) is 1. The van der Waals surface area contributed by atoms with Crippen LogP contribution in [0.2, 0.25) is 0 Å². The van der Waals surface area contributed by atoms with Crippen molar-refractivity contribution in [2.24, 2.45) is 0 Å². The number of esters is 1. The molecule has 4 heterocycles. The molecule has 0 fully saturated rings. The molecule has 9 heteroatoms. The lowest BCUT2D eigenvalue weighted by atomic mass is 10.1. The lowest BCUT2D eigenvalue weighted by Crippen LogP contribution is -2.20. The fraction of sp³-hybridized carbons (Fsp3) is 0.259. The number of benzene rings is 1. The van der Waals surface area contributed by atoms with E-state index < -0.39 is 11.8 Å². The first-order valence-electron chi connectivity index (χ1n) is 11.8. The highest BCUT2D eigenvalue weighted by molar-refractivity contribution is 5.98. The van der Waals surface area contributed by atoms with Gasteiger partial charge in [0, 0.05) is 42.8 Å². The molecule has 0 saturated carbocycles. The van der Waals surface area contributed by atoms with Crippen LogP contribution in [0.15, 0.2) is 61.1 Å². The molecule has 0 bridgehead atoms. The number of hydrogen-bond donors (Lipinski definition) is 0. The van der Waals surface area contributed by atoms with Crippen LogP contribution in [-0.2, 0) is 11.3 Å². The van der Waals surface area contributed by atoms with Crippen molar-refractivity contribution in [1.82, 2.24) is 24.1 Å². The average molecular weight is 487 g/mol. The van der Waals surface area contributed by atoms with Gasteiger partial charge < -0.3 is 14.2 Å². The topological polar surface area (TPSA) is 77.5 Å². The Bertz CT molecular complexity index is 1560. The Labute approximate surface area is 208 Å². The molecule has 0 aliphatic heterocycles. The van der Waals surface area contributed by atoms with E-state index in [1.807, 2.05) is 73.0 Å². The van der Waals surface area contributed by atoms with Gasteiger partial charge in [-0.3, -0.25) is 0 Å². The number of nitrogens with zero attached hydrogens (tertiary/aromatic N) is 6. The number of aromatic nitrogens is 5. The van der Waals surface area contributed by atoms with Crippen LogP contribution in [0, 0.1) is 5.82 Å². The molecule has 0 radical (unpaired) electrons. The van der Waals surface area contributed by atoms with E-state index in [-0.39, 0.29) is 18.2 Å². The maximum Gasteiger partial charge on any atom is 0.343 e. The Morgan fingerprint density at radius 3 is 2.64 bits per heavy atom. The van der Waals surface area contributed by atoms with E-state index >= 15 is 0 Å². The molecule has 0 saturated heterocycles. The number of hydrogen-bond acceptors (Lipinski definition) is 6. The molecule has 0 spiro atoms. The number of anilines is 1. The molecular weight excluding hydrogens is 459 g/mol. The van der Waals surface area contributed by atoms with E-state index in [9.17, 15) is 9.18 Å². The Kier molecular flexibility index (Phi) is 6.13. The van der Waals surface area contributed by atoms with Crippen LogP contribution >= 0.6 is 0 Å². The normalized spacial score (nSPS) is 11.5. The first kappa shape index (κ1) is 23.5. The molecule has 0 aliphatic rings. The van der Waals surface area contributed by atoms with Gasteiger partial charge >= 0.3 is 5.97 Å². The van der Waals surface area contributed by atoms with Crippen molar-refractivity contribution in [3.05, 3.63) is 78.0 Å². The molecule has 4 aromatic heterocycles. The summed E-state index contributed by atoms with van der Waals surface area (Å²) in [5.41, 5.74) is 3.73. The van der Waals surface area contributed by atoms with Gasteiger partial charge in [0.15, 0.2) is 5.65 Å². The predicted octanol–water partition coefficient (Wildman–Crippen LogP) is 5.28. The minimum Gasteiger partial charge on any atom is -0.462 e. The Morgan fingerprint density at radius 2 is 1.92 bits per heavy atom. The zero-order chi connectivity index (χ0) is 25.4. The van der Waals surface area contributed by atoms with Gasteiger partial charge in [-0.05, 0) is 32.4 Å². The van der Waals surface area contributed by atoms with Crippen LogP contribution in [0.4, 0.5) is 10.2 Å². The lowest BCUT2D eigenvalue weighted by molar-refractivity contribution is 0.0528. The number of carbonyl (C=O) groups excluding carboxylic acids is 1. The van der Waals surface area contributed by atoms with Crippen LogP contribution in [0.5, 0.6) is 0 Å². The Balaban J connectivity index is 1.74. The summed E-state index contributed by atoms with van der Waals surface area (Å²) in [7, 11) is 1.95. The van der Waals surface area contributed by atoms with Gasteiger partial charge in [0.05, 0.1) is 24.7 Å². The van der Waals surface area contributed by atoms with E-state index in [2.05, 4.69) is 10.1 Å². The van der Waals surface area contributed by atoms with Crippen LogP contribution in [0.25, 0.3) is 27.9 Å². The molecule has 36 heavy (non-hydrogen) atoms. The van der Waals surface area contributed by atoms with Crippen molar-refractivity contribution < 1.29 is 13.9 Å². The first-order valence-corrected chi connectivity index (χ1v) is 11.8. The molecule has 0 atom stereocenters. The lowest BCUT2D eigenvalue weighted by Gasteiger charge is -2.21. The van der Waals surface area contributed by atoms with Crippen molar-refractivity contribution in [2.75, 3.05) is 18.6 Å². The van der Waals surface area contributed by atoms with Crippen molar-refractivity contribution in [3.63, 3.8) is 0 Å². The second-order valence-corrected chi connectivity index (χ2v) is 8.92. The van der Waals surface area contributed by atoms with E-state index in [4.69, 9.17) is 9.72 Å². The molecule has 0 amide bonds. The Morgan fingerprint density at radius 1 is 1.14 bits per heavy atom. The summed E-state index contributed by atoms with van der Waals surface area (Å²) in [4.78, 5) is 23.9. The van der Waals surface area contributed by atoms with Gasteiger partial charge in [0.1, 0.15) is 22.8 Å². The van der Waals surface area contributed by atoms with Crippen LogP contribution < -0.4 is 4.90 Å². The average Bonchev–Trinajstić information content (AvgIpc) is 3.46. The molecular formula is C27H27FN6O2. The monoisotopic (exact) mass is 486 g/mol. The third-order valence-corrected chi connectivity index (χ3v) is 6.07. The summed E-state index contributed by atoms with van der Waals surface area (Å²) in [5, 5.41) is 5.11. The minimum absolute atomic E-state index is 0.105. The van der Waals surface area contributed by atoms with Crippen molar-refractivity contribution in [1.29, 1.82) is 0 Å². The predicted molar refractivity (Wildman–Crippen MR) is 137 cm³/mol. The zero-order valence-electron chi connectivity index (χ0n) is 20.6. The van der Waals surface area contributed by atoms with E-state index in [1.54, 1.807) is 11.4 Å². The van der Waals surface area contributed by atoms with Gasteiger partial charge in [-0.1, -0.05) is 30.3 Å². The molecule has 8 nitrogen and oxygen atoms in total. The molecule has 0 unspecified atom stereocenters. The fourth-order valence-electron chi connectivity index (χ4n) is 4.35. The third-order valence-electron chi connectivity index (χ3n) is 6.07. The van der Waals surface area contributed by atoms with Crippen LogP contribution in [0.3, 0.4) is 0 Å². The van der Waals surface area contributed by atoms with Crippen molar-refractivity contribution in [2.45, 2.75) is 33.4 Å². The van der Waals surface area contributed by atoms with E-state index in [1.165, 1.54) is 18.5 Å². The van der Waals surface area contributed by atoms with Gasteiger partial charge in [0.25, 0.3) is 0 Å². The smallest absolute Gasteiger partial charge is 0.343 e. The maximum atomic E-state index is 14.3. The number of rotatable bonds is 7. The summed E-state index contributed by atoms with van der Waals surface area (Å²) in [6, 6.07) is 13.5. The number of fused-ring (bicyclic) bond motifs is 2. The summed E-state index contributed by atoms with van der Waals surface area (Å²) in [6.45, 7) is 6.69. The standard InChI is InChI=1S/C27H27FN6O2/c1-5-36-27(35)21-14-30-34-24(32(4)15-18-9-7-6-8-10-18)12-23(31-26(21)34)22-16-33(17(2)3)25-20(22)11-19(28)13-29-25/h6-14,16-17H,5,15H2,1-4H3. The highest BCUT2D eigenvalue weighted by atomic mass is 19.1. The molecule has 5 rings (SSSR count). The molecule has 1 aromatic carbocycles. The highest BCUT2D eigenvalue weighted by Gasteiger charge is 2.22. The summed E-state index contributed by atoms with van der Waals surface area (Å²) in [5.74, 6) is -0.195. The van der Waals surface area contributed by atoms with E-state index in [0.717, 1.165) is 16.9 Å². The fourth-order valence-corrected chi connectivity index (χ4v) is 4.35. The SMILES string of the molecule is CCOC(=O)c1cnn2c(N(C)Cc3ccccc3)cc(-c3cn(C(C)C)c4ncc(F)cc34)nc12. The molecule has 184 valence electrons. The number of pyridine rings is 1. The van der Waals surface area contributed by atoms with Gasteiger partial charge in [0.2, 0.25) is 0 Å². The minimum atomic E-state index is -0.494. The maximum absolute atomic E-state index is 14.3.